The Balaban J connectivity index is 0.00000261. The van der Waals surface area contributed by atoms with Gasteiger partial charge in [0.2, 0.25) is 0 Å². The first-order valence-electron chi connectivity index (χ1n) is 7.72. The van der Waals surface area contributed by atoms with Crippen LogP contribution in [0, 0.1) is 5.82 Å². The van der Waals surface area contributed by atoms with Crippen molar-refractivity contribution < 1.29 is 17.6 Å². The Bertz CT molecular complexity index is 807. The third kappa shape index (κ3) is 5.44. The minimum absolute atomic E-state index is 0. The van der Waals surface area contributed by atoms with Gasteiger partial charge in [-0.1, -0.05) is 17.7 Å². The molecule has 0 spiro atoms. The van der Waals surface area contributed by atoms with Gasteiger partial charge in [-0.05, 0) is 18.6 Å². The molecule has 0 aliphatic heterocycles. The second-order valence-corrected chi connectivity index (χ2v) is 7.13. The van der Waals surface area contributed by atoms with E-state index in [2.05, 4.69) is 20.6 Å². The molecule has 1 aromatic carbocycles. The number of aromatic nitrogens is 1. The Morgan fingerprint density at radius 1 is 1.41 bits per heavy atom. The molecule has 2 aromatic rings. The van der Waals surface area contributed by atoms with Crippen LogP contribution >= 0.6 is 46.9 Å². The highest BCUT2D eigenvalue weighted by Crippen LogP contribution is 2.44. The first-order chi connectivity index (χ1) is 12.3. The molecule has 3 rings (SSSR count). The molecule has 11 heteroatoms. The Labute approximate surface area is 179 Å². The number of halogens is 6. The average molecular weight is 535 g/mol. The molecule has 1 saturated carbocycles. The maximum Gasteiger partial charge on any atom is 0.434 e. The molecule has 27 heavy (non-hydrogen) atoms. The van der Waals surface area contributed by atoms with Crippen molar-refractivity contribution in [1.29, 1.82) is 0 Å². The molecule has 1 aromatic heterocycles. The van der Waals surface area contributed by atoms with Gasteiger partial charge in [0.1, 0.15) is 10.8 Å². The highest BCUT2D eigenvalue weighted by atomic mass is 127. The van der Waals surface area contributed by atoms with Crippen molar-refractivity contribution in [3.8, 4) is 0 Å². The fourth-order valence-electron chi connectivity index (χ4n) is 2.59. The molecule has 2 unspecified atom stereocenters. The van der Waals surface area contributed by atoms with Crippen LogP contribution in [0.2, 0.25) is 5.02 Å². The fraction of sp³-hybridized carbons (Fsp3) is 0.375. The third-order valence-corrected chi connectivity index (χ3v) is 5.13. The molecule has 0 bridgehead atoms. The maximum absolute atomic E-state index is 13.9. The second-order valence-electron chi connectivity index (χ2n) is 5.78. The maximum atomic E-state index is 13.9. The van der Waals surface area contributed by atoms with E-state index in [4.69, 9.17) is 11.6 Å². The zero-order chi connectivity index (χ0) is 18.9. The molecule has 0 amide bonds. The van der Waals surface area contributed by atoms with Crippen LogP contribution in [0.25, 0.3) is 0 Å². The number of hydrogen-bond donors (Lipinski definition) is 2. The van der Waals surface area contributed by atoms with Crippen molar-refractivity contribution in [2.45, 2.75) is 31.1 Å². The van der Waals surface area contributed by atoms with Crippen LogP contribution in [0.4, 0.5) is 17.6 Å². The minimum atomic E-state index is -4.45. The van der Waals surface area contributed by atoms with Gasteiger partial charge >= 0.3 is 6.18 Å². The third-order valence-electron chi connectivity index (χ3n) is 3.96. The molecule has 2 N–H and O–H groups in total. The Morgan fingerprint density at radius 2 is 2.15 bits per heavy atom. The molecular formula is C16H16ClF4IN4S. The van der Waals surface area contributed by atoms with Crippen molar-refractivity contribution in [2.24, 2.45) is 4.99 Å². The van der Waals surface area contributed by atoms with E-state index in [9.17, 15) is 17.6 Å². The van der Waals surface area contributed by atoms with Crippen LogP contribution in [0.3, 0.4) is 0 Å². The topological polar surface area (TPSA) is 49.3 Å². The molecule has 2 atom stereocenters. The van der Waals surface area contributed by atoms with Crippen LogP contribution < -0.4 is 10.6 Å². The SMILES string of the molecule is CN=C(NCc1nc(C(F)(F)F)cs1)NC1CC1c1c(F)cccc1Cl.I. The van der Waals surface area contributed by atoms with Crippen molar-refractivity contribution in [3.63, 3.8) is 0 Å². The van der Waals surface area contributed by atoms with Gasteiger partial charge in [0.05, 0.1) is 6.54 Å². The normalized spacial score (nSPS) is 19.4. The lowest BCUT2D eigenvalue weighted by molar-refractivity contribution is -0.140. The van der Waals surface area contributed by atoms with E-state index in [1.807, 2.05) is 0 Å². The van der Waals surface area contributed by atoms with Gasteiger partial charge in [0.15, 0.2) is 11.7 Å². The van der Waals surface area contributed by atoms with Crippen LogP contribution in [0.1, 0.15) is 28.6 Å². The Kier molecular flexibility index (Phi) is 7.31. The molecule has 4 nitrogen and oxygen atoms in total. The van der Waals surface area contributed by atoms with Gasteiger partial charge in [-0.25, -0.2) is 9.37 Å². The van der Waals surface area contributed by atoms with E-state index in [0.29, 0.717) is 28.0 Å². The van der Waals surface area contributed by atoms with Crippen molar-refractivity contribution >= 4 is 52.9 Å². The predicted molar refractivity (Wildman–Crippen MR) is 108 cm³/mol. The molecular weight excluding hydrogens is 519 g/mol. The molecule has 1 fully saturated rings. The van der Waals surface area contributed by atoms with Gasteiger partial charge in [0.25, 0.3) is 0 Å². The summed E-state index contributed by atoms with van der Waals surface area (Å²) in [5.74, 6) is -0.00937. The first-order valence-corrected chi connectivity index (χ1v) is 8.98. The van der Waals surface area contributed by atoms with Crippen molar-refractivity contribution in [2.75, 3.05) is 7.05 Å². The summed E-state index contributed by atoms with van der Waals surface area (Å²) < 4.78 is 51.6. The molecule has 1 aliphatic carbocycles. The van der Waals surface area contributed by atoms with Gasteiger partial charge in [0, 0.05) is 35.0 Å². The summed E-state index contributed by atoms with van der Waals surface area (Å²) in [5.41, 5.74) is -0.435. The van der Waals surface area contributed by atoms with E-state index in [1.165, 1.54) is 6.07 Å². The summed E-state index contributed by atoms with van der Waals surface area (Å²) >= 11 is 6.99. The summed E-state index contributed by atoms with van der Waals surface area (Å²) in [6, 6.07) is 4.51. The summed E-state index contributed by atoms with van der Waals surface area (Å²) in [5, 5.41) is 7.69. The molecule has 0 radical (unpaired) electrons. The zero-order valence-electron chi connectivity index (χ0n) is 14.0. The summed E-state index contributed by atoms with van der Waals surface area (Å²) in [6.45, 7) is 0.109. The first kappa shape index (κ1) is 22.2. The largest absolute Gasteiger partial charge is 0.434 e. The van der Waals surface area contributed by atoms with E-state index in [-0.39, 0.29) is 48.3 Å². The summed E-state index contributed by atoms with van der Waals surface area (Å²) in [4.78, 5) is 7.58. The Hall–Kier alpha value is -1.14. The second kappa shape index (κ2) is 8.91. The van der Waals surface area contributed by atoms with Crippen molar-refractivity contribution in [1.82, 2.24) is 15.6 Å². The lowest BCUT2D eigenvalue weighted by atomic mass is 10.1. The number of nitrogens with zero attached hydrogens (tertiary/aromatic N) is 2. The highest BCUT2D eigenvalue weighted by molar-refractivity contribution is 14.0. The standard InChI is InChI=1S/C16H15ClF4N4S.HI/c1-22-15(23-6-13-25-12(7-26-13)16(19,20)21)24-11-5-8(11)14-9(17)3-2-4-10(14)18;/h2-4,7-8,11H,5-6H2,1H3,(H2,22,23,24);1H. The lowest BCUT2D eigenvalue weighted by Crippen LogP contribution is -2.38. The highest BCUT2D eigenvalue weighted by Gasteiger charge is 2.42. The number of guanidine groups is 1. The van der Waals surface area contributed by atoms with Crippen LogP contribution in [0.15, 0.2) is 28.6 Å². The van der Waals surface area contributed by atoms with Crippen molar-refractivity contribution in [3.05, 3.63) is 50.7 Å². The molecule has 1 heterocycles. The smallest absolute Gasteiger partial charge is 0.353 e. The number of benzene rings is 1. The van der Waals surface area contributed by atoms with E-state index in [1.54, 1.807) is 19.2 Å². The van der Waals surface area contributed by atoms with Crippen LogP contribution in [-0.2, 0) is 12.7 Å². The molecule has 148 valence electrons. The van der Waals surface area contributed by atoms with Gasteiger partial charge < -0.3 is 10.6 Å². The van der Waals surface area contributed by atoms with Crippen LogP contribution in [-0.4, -0.2) is 24.0 Å². The number of thiazole rings is 1. The van der Waals surface area contributed by atoms with Crippen LogP contribution in [0.5, 0.6) is 0 Å². The van der Waals surface area contributed by atoms with E-state index < -0.39 is 11.9 Å². The number of alkyl halides is 3. The number of hydrogen-bond acceptors (Lipinski definition) is 3. The quantitative estimate of drug-likeness (QED) is 0.257. The van der Waals surface area contributed by atoms with Gasteiger partial charge in [-0.15, -0.1) is 35.3 Å². The number of nitrogens with one attached hydrogen (secondary N) is 2. The monoisotopic (exact) mass is 534 g/mol. The minimum Gasteiger partial charge on any atom is -0.353 e. The van der Waals surface area contributed by atoms with Gasteiger partial charge in [-0.2, -0.15) is 13.2 Å². The number of aliphatic imine (C=N–C) groups is 1. The molecule has 1 aliphatic rings. The molecule has 0 saturated heterocycles. The van der Waals surface area contributed by atoms with E-state index >= 15 is 0 Å². The fourth-order valence-corrected chi connectivity index (χ4v) is 3.63. The van der Waals surface area contributed by atoms with Gasteiger partial charge in [-0.3, -0.25) is 4.99 Å². The number of rotatable bonds is 4. The summed E-state index contributed by atoms with van der Waals surface area (Å²) in [6.07, 6.45) is -3.76. The zero-order valence-corrected chi connectivity index (χ0v) is 17.9. The lowest BCUT2D eigenvalue weighted by Gasteiger charge is -2.11. The predicted octanol–water partition coefficient (Wildman–Crippen LogP) is 4.79. The Morgan fingerprint density at radius 3 is 2.74 bits per heavy atom. The average Bonchev–Trinajstić information content (AvgIpc) is 3.12. The summed E-state index contributed by atoms with van der Waals surface area (Å²) in [7, 11) is 1.55. The van der Waals surface area contributed by atoms with E-state index in [0.717, 1.165) is 16.7 Å².